The van der Waals surface area contributed by atoms with E-state index in [1.165, 1.54) is 12.1 Å². The summed E-state index contributed by atoms with van der Waals surface area (Å²) in [6.45, 7) is 3.10. The van der Waals surface area contributed by atoms with Crippen LogP contribution in [-0.4, -0.2) is 59.3 Å². The number of nitrogens with zero attached hydrogens (tertiary/aromatic N) is 2. The van der Waals surface area contributed by atoms with E-state index in [0.717, 1.165) is 36.9 Å². The van der Waals surface area contributed by atoms with E-state index in [1.807, 2.05) is 6.07 Å². The average molecular weight is 583 g/mol. The number of halogens is 1. The molecule has 0 radical (unpaired) electrons. The van der Waals surface area contributed by atoms with E-state index in [2.05, 4.69) is 16.6 Å². The number of likely N-dealkylation sites (tertiary alicyclic amines) is 1. The number of urea groups is 1. The second kappa shape index (κ2) is 12.8. The molecule has 2 aliphatic rings. The quantitative estimate of drug-likeness (QED) is 0.290. The highest BCUT2D eigenvalue weighted by atomic mass is 19.1. The maximum Gasteiger partial charge on any atom is 0.325 e. The number of ether oxygens (including phenoxy) is 1. The minimum atomic E-state index is -1.30. The molecule has 3 atom stereocenters. The maximum atomic E-state index is 14.7. The minimum absolute atomic E-state index is 0.0841. The molecule has 3 aromatic carbocycles. The molecule has 2 N–H and O–H groups in total. The highest BCUT2D eigenvalue weighted by molar-refractivity contribution is 6.10. The van der Waals surface area contributed by atoms with E-state index in [0.29, 0.717) is 22.4 Å². The van der Waals surface area contributed by atoms with Crippen LogP contribution in [0.2, 0.25) is 0 Å². The Kier molecular flexibility index (Phi) is 8.71. The lowest BCUT2D eigenvalue weighted by molar-refractivity contribution is -0.134. The zero-order chi connectivity index (χ0) is 30.5. The third kappa shape index (κ3) is 6.36. The van der Waals surface area contributed by atoms with E-state index >= 15 is 0 Å². The predicted octanol–water partition coefficient (Wildman–Crippen LogP) is 4.21. The zero-order valence-electron chi connectivity index (χ0n) is 23.6. The van der Waals surface area contributed by atoms with Gasteiger partial charge in [0.1, 0.15) is 23.7 Å². The van der Waals surface area contributed by atoms with Crippen LogP contribution >= 0.6 is 0 Å². The largest absolute Gasteiger partial charge is 0.484 e. The number of hydrogen-bond acceptors (Lipinski definition) is 5. The second-order valence-corrected chi connectivity index (χ2v) is 10.5. The molecular weight excluding hydrogens is 551 g/mol. The molecule has 1 unspecified atom stereocenters. The molecule has 2 heterocycles. The van der Waals surface area contributed by atoms with Gasteiger partial charge in [-0.05, 0) is 54.3 Å². The highest BCUT2D eigenvalue weighted by Crippen LogP contribution is 2.32. The van der Waals surface area contributed by atoms with Crippen LogP contribution in [0.15, 0.2) is 72.8 Å². The Balaban J connectivity index is 1.35. The van der Waals surface area contributed by atoms with Crippen LogP contribution in [-0.2, 0) is 14.4 Å². The lowest BCUT2D eigenvalue weighted by atomic mass is 9.91. The number of hydrogen-bond donors (Lipinski definition) is 2. The fraction of sp³-hybridized carbons (Fsp3) is 0.273. The summed E-state index contributed by atoms with van der Waals surface area (Å²) in [5.41, 5.74) is 1.36. The number of benzene rings is 3. The molecule has 0 aromatic heterocycles. The van der Waals surface area contributed by atoms with E-state index in [1.54, 1.807) is 60.4 Å². The number of imide groups is 1. The van der Waals surface area contributed by atoms with Gasteiger partial charge in [-0.1, -0.05) is 55.3 Å². The third-order valence-corrected chi connectivity index (χ3v) is 7.74. The van der Waals surface area contributed by atoms with Crippen molar-refractivity contribution in [3.8, 4) is 18.1 Å². The van der Waals surface area contributed by atoms with Gasteiger partial charge in [0.15, 0.2) is 6.61 Å². The molecule has 220 valence electrons. The molecule has 2 aliphatic heterocycles. The summed E-state index contributed by atoms with van der Waals surface area (Å²) in [4.78, 5) is 55.6. The zero-order valence-corrected chi connectivity index (χ0v) is 23.6. The summed E-state index contributed by atoms with van der Waals surface area (Å²) < 4.78 is 20.3. The van der Waals surface area contributed by atoms with Crippen molar-refractivity contribution in [2.24, 2.45) is 0 Å². The number of terminal acetylenes is 1. The molecule has 5 rings (SSSR count). The molecule has 2 fully saturated rings. The first-order valence-electron chi connectivity index (χ1n) is 14.0. The van der Waals surface area contributed by atoms with E-state index in [4.69, 9.17) is 11.2 Å². The molecular formula is C33H31FN4O5. The van der Waals surface area contributed by atoms with Gasteiger partial charge in [-0.2, -0.15) is 0 Å². The lowest BCUT2D eigenvalue weighted by Gasteiger charge is -2.30. The van der Waals surface area contributed by atoms with Crippen LogP contribution < -0.4 is 15.4 Å². The molecule has 10 heteroatoms. The smallest absolute Gasteiger partial charge is 0.325 e. The predicted molar refractivity (Wildman–Crippen MR) is 157 cm³/mol. The SMILES string of the molecule is C#Cc1ccc(NC(=O)[C@H]([C@@H](C)c2ccccc2)N2C(=O)NC(c3ccc(OCC(=O)N4CCCC4)cc3)C2=O)c(F)c1. The molecule has 0 spiro atoms. The summed E-state index contributed by atoms with van der Waals surface area (Å²) in [6.07, 6.45) is 7.32. The van der Waals surface area contributed by atoms with Crippen molar-refractivity contribution >= 4 is 29.4 Å². The first kappa shape index (κ1) is 29.3. The van der Waals surface area contributed by atoms with Crippen molar-refractivity contribution in [3.05, 3.63) is 95.3 Å². The van der Waals surface area contributed by atoms with Gasteiger partial charge in [-0.25, -0.2) is 14.1 Å². The number of carbonyl (C=O) groups is 4. The third-order valence-electron chi connectivity index (χ3n) is 7.74. The molecule has 0 aliphatic carbocycles. The van der Waals surface area contributed by atoms with Crippen molar-refractivity contribution < 1.29 is 28.3 Å². The molecule has 3 aromatic rings. The van der Waals surface area contributed by atoms with Crippen molar-refractivity contribution in [3.63, 3.8) is 0 Å². The highest BCUT2D eigenvalue weighted by Gasteiger charge is 2.47. The second-order valence-electron chi connectivity index (χ2n) is 10.5. The topological polar surface area (TPSA) is 108 Å². The fourth-order valence-corrected chi connectivity index (χ4v) is 5.36. The Bertz CT molecular complexity index is 1560. The van der Waals surface area contributed by atoms with E-state index in [9.17, 15) is 23.6 Å². The number of nitrogens with one attached hydrogen (secondary N) is 2. The fourth-order valence-electron chi connectivity index (χ4n) is 5.36. The van der Waals surface area contributed by atoms with Gasteiger partial charge in [-0.15, -0.1) is 6.42 Å². The van der Waals surface area contributed by atoms with Gasteiger partial charge in [-0.3, -0.25) is 14.4 Å². The van der Waals surface area contributed by atoms with E-state index in [-0.39, 0.29) is 18.2 Å². The Morgan fingerprint density at radius 1 is 1.07 bits per heavy atom. The Labute approximate surface area is 249 Å². The van der Waals surface area contributed by atoms with Crippen molar-refractivity contribution in [2.75, 3.05) is 25.0 Å². The minimum Gasteiger partial charge on any atom is -0.484 e. The van der Waals surface area contributed by atoms with Crippen LogP contribution in [0.3, 0.4) is 0 Å². The van der Waals surface area contributed by atoms with Crippen molar-refractivity contribution in [1.82, 2.24) is 15.1 Å². The molecule has 0 bridgehead atoms. The van der Waals surface area contributed by atoms with Crippen molar-refractivity contribution in [2.45, 2.75) is 37.8 Å². The molecule has 9 nitrogen and oxygen atoms in total. The Morgan fingerprint density at radius 3 is 2.42 bits per heavy atom. The molecule has 0 saturated carbocycles. The van der Waals surface area contributed by atoms with Crippen LogP contribution in [0.4, 0.5) is 14.9 Å². The van der Waals surface area contributed by atoms with Gasteiger partial charge in [0.05, 0.1) is 5.69 Å². The Hall–Kier alpha value is -5.17. The van der Waals surface area contributed by atoms with Gasteiger partial charge in [0.2, 0.25) is 5.91 Å². The average Bonchev–Trinajstić information content (AvgIpc) is 3.67. The van der Waals surface area contributed by atoms with Gasteiger partial charge >= 0.3 is 6.03 Å². The molecule has 5 amide bonds. The maximum absolute atomic E-state index is 14.7. The van der Waals surface area contributed by atoms with Crippen LogP contribution in [0.5, 0.6) is 5.75 Å². The van der Waals surface area contributed by atoms with Gasteiger partial charge in [0.25, 0.3) is 11.8 Å². The van der Waals surface area contributed by atoms with Gasteiger partial charge in [0, 0.05) is 24.6 Å². The van der Waals surface area contributed by atoms with Crippen LogP contribution in [0.25, 0.3) is 0 Å². The van der Waals surface area contributed by atoms with Crippen LogP contribution in [0, 0.1) is 18.2 Å². The summed E-state index contributed by atoms with van der Waals surface area (Å²) in [7, 11) is 0. The first-order chi connectivity index (χ1) is 20.8. The monoisotopic (exact) mass is 582 g/mol. The lowest BCUT2D eigenvalue weighted by Crippen LogP contribution is -2.50. The first-order valence-corrected chi connectivity index (χ1v) is 14.0. The number of rotatable bonds is 9. The van der Waals surface area contributed by atoms with Crippen LogP contribution in [0.1, 0.15) is 48.4 Å². The molecule has 43 heavy (non-hydrogen) atoms. The van der Waals surface area contributed by atoms with Crippen molar-refractivity contribution in [1.29, 1.82) is 0 Å². The normalized spacial score (nSPS) is 17.7. The summed E-state index contributed by atoms with van der Waals surface area (Å²) in [6, 6.07) is 16.3. The standard InChI is InChI=1S/C33H31FN4O5/c1-3-22-11-16-27(26(34)19-22)35-31(40)30(21(2)23-9-5-4-6-10-23)38-32(41)29(36-33(38)42)24-12-14-25(15-13-24)43-20-28(39)37-17-7-8-18-37/h1,4-6,9-16,19,21,29-30H,7-8,17-18,20H2,2H3,(H,35,40)(H,36,42)/t21-,29?,30-/m0/s1. The Morgan fingerprint density at radius 2 is 1.77 bits per heavy atom. The molecule has 2 saturated heterocycles. The summed E-state index contributed by atoms with van der Waals surface area (Å²) >= 11 is 0. The summed E-state index contributed by atoms with van der Waals surface area (Å²) in [5.74, 6) is -0.0520. The van der Waals surface area contributed by atoms with E-state index < -0.39 is 41.7 Å². The number of anilines is 1. The number of carbonyl (C=O) groups excluding carboxylic acids is 4. The number of amides is 5. The van der Waals surface area contributed by atoms with Gasteiger partial charge < -0.3 is 20.3 Å². The summed E-state index contributed by atoms with van der Waals surface area (Å²) in [5, 5.41) is 5.20.